The largest absolute Gasteiger partial charge is 0.497 e. The number of hydrogen-bond acceptors (Lipinski definition) is 6. The Hall–Kier alpha value is -1.62. The van der Waals surface area contributed by atoms with Crippen LogP contribution in [0.5, 0.6) is 11.5 Å². The van der Waals surface area contributed by atoms with Crippen molar-refractivity contribution in [2.75, 3.05) is 32.6 Å². The summed E-state index contributed by atoms with van der Waals surface area (Å²) in [4.78, 5) is 12.8. The summed E-state index contributed by atoms with van der Waals surface area (Å²) in [5, 5.41) is 2.85. The van der Waals surface area contributed by atoms with Crippen LogP contribution in [0.25, 0.3) is 0 Å². The molecule has 1 amide bonds. The number of carbonyl (C=O) groups is 1. The molecular formula is C18H21BrN2O5S2. The Morgan fingerprint density at radius 1 is 1.25 bits per heavy atom. The number of ether oxygens (including phenoxy) is 2. The maximum Gasteiger partial charge on any atom is 0.252 e. The van der Waals surface area contributed by atoms with Crippen LogP contribution in [-0.2, 0) is 14.8 Å². The van der Waals surface area contributed by atoms with Gasteiger partial charge in [-0.2, -0.15) is 4.31 Å². The molecule has 28 heavy (non-hydrogen) atoms. The minimum Gasteiger partial charge on any atom is -0.497 e. The monoisotopic (exact) mass is 488 g/mol. The molecule has 7 nitrogen and oxygen atoms in total. The zero-order chi connectivity index (χ0) is 20.3. The number of hydrogen-bond donors (Lipinski definition) is 1. The standard InChI is InChI=1S/C18H21BrN2O5S2/c1-25-13-5-6-14(15(10-13)26-2)20-18(22)12-4-3-9-21(11-12)28(23,24)17-8-7-16(19)27-17/h5-8,10,12H,3-4,9,11H2,1-2H3,(H,20,22)/t12-/m1/s1. The van der Waals surface area contributed by atoms with Crippen molar-refractivity contribution in [1.29, 1.82) is 0 Å². The van der Waals surface area contributed by atoms with Crippen molar-refractivity contribution in [3.05, 3.63) is 34.1 Å². The van der Waals surface area contributed by atoms with Gasteiger partial charge in [-0.1, -0.05) is 0 Å². The molecule has 152 valence electrons. The number of rotatable bonds is 6. The van der Waals surface area contributed by atoms with E-state index in [1.54, 1.807) is 37.4 Å². The fourth-order valence-corrected chi connectivity index (χ4v) is 6.76. The molecule has 0 unspecified atom stereocenters. The summed E-state index contributed by atoms with van der Waals surface area (Å²) >= 11 is 4.46. The van der Waals surface area contributed by atoms with Crippen molar-refractivity contribution in [3.63, 3.8) is 0 Å². The molecule has 2 aromatic rings. The SMILES string of the molecule is COc1ccc(NC(=O)[C@@H]2CCCN(S(=O)(=O)c3ccc(Br)s3)C2)c(OC)c1. The molecule has 2 heterocycles. The first-order chi connectivity index (χ1) is 13.3. The molecule has 0 radical (unpaired) electrons. The van der Waals surface area contributed by atoms with Crippen molar-refractivity contribution in [1.82, 2.24) is 4.31 Å². The highest BCUT2D eigenvalue weighted by atomic mass is 79.9. The number of amides is 1. The summed E-state index contributed by atoms with van der Waals surface area (Å²) < 4.78 is 38.6. The number of nitrogens with zero attached hydrogens (tertiary/aromatic N) is 1. The number of carbonyl (C=O) groups excluding carboxylic acids is 1. The predicted octanol–water partition coefficient (Wildman–Crippen LogP) is 3.57. The molecule has 1 N–H and O–H groups in total. The normalized spacial score (nSPS) is 17.9. The molecule has 0 aliphatic carbocycles. The second kappa shape index (κ2) is 8.81. The van der Waals surface area contributed by atoms with Gasteiger partial charge in [0.15, 0.2) is 0 Å². The van der Waals surface area contributed by atoms with Crippen molar-refractivity contribution in [2.24, 2.45) is 5.92 Å². The Kier molecular flexibility index (Phi) is 6.64. The summed E-state index contributed by atoms with van der Waals surface area (Å²) in [5.41, 5.74) is 0.524. The molecule has 1 atom stereocenters. The van der Waals surface area contributed by atoms with E-state index >= 15 is 0 Å². The predicted molar refractivity (Wildman–Crippen MR) is 112 cm³/mol. The first-order valence-electron chi connectivity index (χ1n) is 8.63. The van der Waals surface area contributed by atoms with E-state index < -0.39 is 15.9 Å². The summed E-state index contributed by atoms with van der Waals surface area (Å²) in [7, 11) is -0.537. The molecular weight excluding hydrogens is 468 g/mol. The highest BCUT2D eigenvalue weighted by molar-refractivity contribution is 9.11. The smallest absolute Gasteiger partial charge is 0.252 e. The van der Waals surface area contributed by atoms with E-state index in [0.29, 0.717) is 36.6 Å². The third-order valence-corrected chi connectivity index (χ3v) is 8.52. The lowest BCUT2D eigenvalue weighted by Gasteiger charge is -2.30. The Labute approximate surface area is 176 Å². The van der Waals surface area contributed by atoms with Gasteiger partial charge >= 0.3 is 0 Å². The lowest BCUT2D eigenvalue weighted by Crippen LogP contribution is -2.43. The maximum absolute atomic E-state index is 12.8. The lowest BCUT2D eigenvalue weighted by molar-refractivity contribution is -0.120. The number of methoxy groups -OCH3 is 2. The number of benzene rings is 1. The van der Waals surface area contributed by atoms with Crippen LogP contribution in [0.4, 0.5) is 5.69 Å². The van der Waals surface area contributed by atoms with Gasteiger partial charge in [-0.25, -0.2) is 8.42 Å². The van der Waals surface area contributed by atoms with Gasteiger partial charge in [-0.3, -0.25) is 4.79 Å². The summed E-state index contributed by atoms with van der Waals surface area (Å²) in [6.45, 7) is 0.565. The second-order valence-corrected chi connectivity index (χ2v) is 10.9. The van der Waals surface area contributed by atoms with E-state index in [1.165, 1.54) is 22.8 Å². The Balaban J connectivity index is 1.73. The number of sulfonamides is 1. The highest BCUT2D eigenvalue weighted by Crippen LogP contribution is 2.32. The molecule has 0 bridgehead atoms. The van der Waals surface area contributed by atoms with Crippen molar-refractivity contribution < 1.29 is 22.7 Å². The van der Waals surface area contributed by atoms with E-state index in [-0.39, 0.29) is 16.7 Å². The first-order valence-corrected chi connectivity index (χ1v) is 11.7. The van der Waals surface area contributed by atoms with E-state index in [0.717, 1.165) is 3.79 Å². The quantitative estimate of drug-likeness (QED) is 0.671. The van der Waals surface area contributed by atoms with Gasteiger partial charge in [-0.15, -0.1) is 11.3 Å². The highest BCUT2D eigenvalue weighted by Gasteiger charge is 2.34. The average molecular weight is 489 g/mol. The number of piperidine rings is 1. The van der Waals surface area contributed by atoms with Crippen molar-refractivity contribution in [2.45, 2.75) is 17.1 Å². The molecule has 10 heteroatoms. The van der Waals surface area contributed by atoms with Crippen molar-refractivity contribution in [3.8, 4) is 11.5 Å². The van der Waals surface area contributed by atoms with Gasteiger partial charge in [0, 0.05) is 19.2 Å². The van der Waals surface area contributed by atoms with Gasteiger partial charge in [0.2, 0.25) is 5.91 Å². The van der Waals surface area contributed by atoms with Crippen LogP contribution in [0.1, 0.15) is 12.8 Å². The molecule has 1 aliphatic rings. The molecule has 1 aromatic carbocycles. The van der Waals surface area contributed by atoms with Gasteiger partial charge < -0.3 is 14.8 Å². The number of thiophene rings is 1. The summed E-state index contributed by atoms with van der Waals surface area (Å²) in [6.07, 6.45) is 1.26. The first kappa shape index (κ1) is 21.1. The summed E-state index contributed by atoms with van der Waals surface area (Å²) in [6, 6.07) is 8.40. The van der Waals surface area contributed by atoms with E-state index in [1.807, 2.05) is 0 Å². The second-order valence-electron chi connectivity index (χ2n) is 6.32. The molecule has 1 fully saturated rings. The van der Waals surface area contributed by atoms with E-state index in [9.17, 15) is 13.2 Å². The number of halogens is 1. The molecule has 0 spiro atoms. The third kappa shape index (κ3) is 4.51. The lowest BCUT2D eigenvalue weighted by atomic mass is 9.98. The minimum atomic E-state index is -3.60. The third-order valence-electron chi connectivity index (χ3n) is 4.56. The van der Waals surface area contributed by atoms with Crippen LogP contribution >= 0.6 is 27.3 Å². The fraction of sp³-hybridized carbons (Fsp3) is 0.389. The Bertz CT molecular complexity index is 961. The van der Waals surface area contributed by atoms with Crippen LogP contribution in [0.2, 0.25) is 0 Å². The van der Waals surface area contributed by atoms with Gasteiger partial charge in [0.25, 0.3) is 10.0 Å². The number of anilines is 1. The van der Waals surface area contributed by atoms with Gasteiger partial charge in [0.1, 0.15) is 15.7 Å². The van der Waals surface area contributed by atoms with E-state index in [4.69, 9.17) is 9.47 Å². The van der Waals surface area contributed by atoms with Crippen LogP contribution in [0.3, 0.4) is 0 Å². The minimum absolute atomic E-state index is 0.155. The summed E-state index contributed by atoms with van der Waals surface area (Å²) in [5.74, 6) is 0.442. The van der Waals surface area contributed by atoms with Gasteiger partial charge in [0.05, 0.1) is 29.6 Å². The maximum atomic E-state index is 12.8. The van der Waals surface area contributed by atoms with Crippen molar-refractivity contribution >= 4 is 48.9 Å². The molecule has 1 aliphatic heterocycles. The van der Waals surface area contributed by atoms with Crippen LogP contribution in [-0.4, -0.2) is 45.9 Å². The van der Waals surface area contributed by atoms with Crippen LogP contribution in [0.15, 0.2) is 38.3 Å². The molecule has 0 saturated carbocycles. The Morgan fingerprint density at radius 3 is 2.68 bits per heavy atom. The van der Waals surface area contributed by atoms with Crippen LogP contribution in [0, 0.1) is 5.92 Å². The average Bonchev–Trinajstić information content (AvgIpc) is 3.15. The zero-order valence-corrected chi connectivity index (χ0v) is 18.7. The fourth-order valence-electron chi connectivity index (χ4n) is 3.07. The topological polar surface area (TPSA) is 84.9 Å². The molecule has 1 saturated heterocycles. The molecule has 1 aromatic heterocycles. The number of nitrogens with one attached hydrogen (secondary N) is 1. The molecule has 3 rings (SSSR count). The Morgan fingerprint density at radius 2 is 2.04 bits per heavy atom. The van der Waals surface area contributed by atoms with Crippen LogP contribution < -0.4 is 14.8 Å². The zero-order valence-electron chi connectivity index (χ0n) is 15.5. The van der Waals surface area contributed by atoms with E-state index in [2.05, 4.69) is 21.2 Å². The van der Waals surface area contributed by atoms with Gasteiger partial charge in [-0.05, 0) is 53.0 Å².